The first kappa shape index (κ1) is 19.7. The van der Waals surface area contributed by atoms with Gasteiger partial charge in [0.25, 0.3) is 0 Å². The summed E-state index contributed by atoms with van der Waals surface area (Å²) in [5, 5.41) is 13.9. The molecule has 2 atom stereocenters. The number of unbranched alkanes of at least 4 members (excludes halogenated alkanes) is 1. The average molecular weight is 364 g/mol. The summed E-state index contributed by atoms with van der Waals surface area (Å²) >= 11 is 0. The summed E-state index contributed by atoms with van der Waals surface area (Å²) in [5.74, 6) is -0.911. The summed E-state index contributed by atoms with van der Waals surface area (Å²) in [6.45, 7) is 2.36. The quantitative estimate of drug-likeness (QED) is 0.324. The summed E-state index contributed by atoms with van der Waals surface area (Å²) < 4.78 is 0. The van der Waals surface area contributed by atoms with Crippen LogP contribution in [0.5, 0.6) is 0 Å². The van der Waals surface area contributed by atoms with Crippen molar-refractivity contribution in [2.24, 2.45) is 5.92 Å². The van der Waals surface area contributed by atoms with Crippen LogP contribution in [0.1, 0.15) is 32.6 Å². The van der Waals surface area contributed by atoms with Gasteiger partial charge in [0, 0.05) is 12.7 Å². The van der Waals surface area contributed by atoms with Crippen molar-refractivity contribution in [1.82, 2.24) is 25.5 Å². The van der Waals surface area contributed by atoms with E-state index in [2.05, 4.69) is 20.7 Å². The van der Waals surface area contributed by atoms with E-state index in [0.717, 1.165) is 12.8 Å². The van der Waals surface area contributed by atoms with Crippen molar-refractivity contribution < 1.29 is 19.6 Å². The van der Waals surface area contributed by atoms with Crippen LogP contribution in [0.3, 0.4) is 0 Å². The zero-order chi connectivity index (χ0) is 18.9. The predicted octanol–water partition coefficient (Wildman–Crippen LogP) is 0.175. The highest BCUT2D eigenvalue weighted by Crippen LogP contribution is 2.19. The van der Waals surface area contributed by atoms with Crippen molar-refractivity contribution in [3.63, 3.8) is 0 Å². The summed E-state index contributed by atoms with van der Waals surface area (Å²) in [6.07, 6.45) is 5.72. The van der Waals surface area contributed by atoms with E-state index >= 15 is 0 Å². The maximum absolute atomic E-state index is 12.9. The summed E-state index contributed by atoms with van der Waals surface area (Å²) in [7, 11) is 0. The van der Waals surface area contributed by atoms with Gasteiger partial charge in [0.05, 0.1) is 12.5 Å². The fourth-order valence-corrected chi connectivity index (χ4v) is 2.82. The molecule has 0 spiro atoms. The SMILES string of the molecule is CCCC[C@H](CN(O)C=O)C(=O)N1NCC[C@H]1C(=O)Nc1ccncn1. The number of nitrogens with zero attached hydrogens (tertiary/aromatic N) is 4. The number of carbonyl (C=O) groups excluding carboxylic acids is 3. The lowest BCUT2D eigenvalue weighted by molar-refractivity contribution is -0.159. The molecule has 3 amide bonds. The molecule has 142 valence electrons. The first-order chi connectivity index (χ1) is 12.6. The minimum Gasteiger partial charge on any atom is -0.309 e. The van der Waals surface area contributed by atoms with Crippen LogP contribution in [0.4, 0.5) is 5.82 Å². The molecule has 0 unspecified atom stereocenters. The Morgan fingerprint density at radius 3 is 3.04 bits per heavy atom. The molecule has 2 rings (SSSR count). The molecule has 2 heterocycles. The molecule has 0 aliphatic carbocycles. The van der Waals surface area contributed by atoms with E-state index in [1.807, 2.05) is 6.92 Å². The summed E-state index contributed by atoms with van der Waals surface area (Å²) in [5.41, 5.74) is 2.92. The number of hydrogen-bond donors (Lipinski definition) is 3. The molecule has 3 N–H and O–H groups in total. The molecule has 1 aliphatic rings. The number of hydrogen-bond acceptors (Lipinski definition) is 7. The second kappa shape index (κ2) is 9.78. The van der Waals surface area contributed by atoms with Crippen LogP contribution in [0.15, 0.2) is 18.6 Å². The summed E-state index contributed by atoms with van der Waals surface area (Å²) in [6, 6.07) is 0.870. The number of hydroxylamine groups is 2. The Balaban J connectivity index is 2.06. The van der Waals surface area contributed by atoms with Gasteiger partial charge in [-0.2, -0.15) is 0 Å². The van der Waals surface area contributed by atoms with Gasteiger partial charge in [-0.25, -0.2) is 20.5 Å². The first-order valence-corrected chi connectivity index (χ1v) is 8.61. The van der Waals surface area contributed by atoms with Crippen LogP contribution in [0.25, 0.3) is 0 Å². The van der Waals surface area contributed by atoms with Gasteiger partial charge in [-0.15, -0.1) is 0 Å². The van der Waals surface area contributed by atoms with Crippen molar-refractivity contribution in [3.8, 4) is 0 Å². The van der Waals surface area contributed by atoms with E-state index in [0.29, 0.717) is 30.3 Å². The van der Waals surface area contributed by atoms with Crippen molar-refractivity contribution in [1.29, 1.82) is 0 Å². The highest BCUT2D eigenvalue weighted by molar-refractivity contribution is 5.97. The Morgan fingerprint density at radius 1 is 1.58 bits per heavy atom. The van der Waals surface area contributed by atoms with Gasteiger partial charge in [0.2, 0.25) is 18.2 Å². The molecule has 0 aromatic carbocycles. The van der Waals surface area contributed by atoms with Crippen molar-refractivity contribution in [2.45, 2.75) is 38.6 Å². The highest BCUT2D eigenvalue weighted by Gasteiger charge is 2.37. The minimum atomic E-state index is -0.690. The fraction of sp³-hybridized carbons (Fsp3) is 0.562. The second-order valence-electron chi connectivity index (χ2n) is 6.07. The van der Waals surface area contributed by atoms with E-state index < -0.39 is 12.0 Å². The number of hydrazine groups is 1. The monoisotopic (exact) mass is 364 g/mol. The number of carbonyl (C=O) groups is 3. The van der Waals surface area contributed by atoms with Crippen LogP contribution in [-0.2, 0) is 14.4 Å². The molecule has 10 nitrogen and oxygen atoms in total. The predicted molar refractivity (Wildman–Crippen MR) is 91.5 cm³/mol. The van der Waals surface area contributed by atoms with Gasteiger partial charge in [0.1, 0.15) is 18.2 Å². The van der Waals surface area contributed by atoms with E-state index in [1.54, 1.807) is 6.07 Å². The van der Waals surface area contributed by atoms with Gasteiger partial charge in [0.15, 0.2) is 0 Å². The van der Waals surface area contributed by atoms with Gasteiger partial charge >= 0.3 is 0 Å². The number of aromatic nitrogens is 2. The lowest BCUT2D eigenvalue weighted by Gasteiger charge is -2.28. The second-order valence-corrected chi connectivity index (χ2v) is 6.07. The van der Waals surface area contributed by atoms with Gasteiger partial charge in [-0.3, -0.25) is 24.6 Å². The third-order valence-corrected chi connectivity index (χ3v) is 4.17. The lowest BCUT2D eigenvalue weighted by atomic mass is 10.00. The molecule has 0 bridgehead atoms. The maximum atomic E-state index is 12.9. The standard InChI is InChI=1S/C16H24N6O4/c1-2-3-4-12(9-21(26)11-23)16(25)22-13(5-8-19-22)15(24)20-14-6-7-17-10-18-14/h6-7,10-13,19,26H,2-5,8-9H2,1H3,(H,17,18,20,24)/t12-,13+/m1/s1. The third-order valence-electron chi connectivity index (χ3n) is 4.17. The Morgan fingerprint density at radius 2 is 2.38 bits per heavy atom. The zero-order valence-corrected chi connectivity index (χ0v) is 14.7. The molecule has 26 heavy (non-hydrogen) atoms. The van der Waals surface area contributed by atoms with E-state index in [9.17, 15) is 19.6 Å². The average Bonchev–Trinajstić information content (AvgIpc) is 3.15. The largest absolute Gasteiger partial charge is 0.309 e. The van der Waals surface area contributed by atoms with Crippen molar-refractivity contribution in [3.05, 3.63) is 18.6 Å². The van der Waals surface area contributed by atoms with E-state index in [4.69, 9.17) is 0 Å². The first-order valence-electron chi connectivity index (χ1n) is 8.61. The molecule has 10 heteroatoms. The van der Waals surface area contributed by atoms with E-state index in [-0.39, 0.29) is 24.8 Å². The van der Waals surface area contributed by atoms with E-state index in [1.165, 1.54) is 17.5 Å². The molecule has 1 aromatic rings. The normalized spacial score (nSPS) is 17.6. The van der Waals surface area contributed by atoms with Crippen LogP contribution in [0.2, 0.25) is 0 Å². The third kappa shape index (κ3) is 5.20. The van der Waals surface area contributed by atoms with Gasteiger partial charge in [-0.1, -0.05) is 19.8 Å². The molecule has 1 aromatic heterocycles. The van der Waals surface area contributed by atoms with Crippen molar-refractivity contribution in [2.75, 3.05) is 18.4 Å². The molecule has 1 fully saturated rings. The summed E-state index contributed by atoms with van der Waals surface area (Å²) in [4.78, 5) is 43.8. The molecule has 0 radical (unpaired) electrons. The smallest absolute Gasteiger partial charge is 0.250 e. The Kier molecular flexibility index (Phi) is 7.42. The highest BCUT2D eigenvalue weighted by atomic mass is 16.5. The van der Waals surface area contributed by atoms with Gasteiger partial charge in [-0.05, 0) is 18.9 Å². The topological polar surface area (TPSA) is 128 Å². The van der Waals surface area contributed by atoms with Crippen molar-refractivity contribution >= 4 is 24.0 Å². The van der Waals surface area contributed by atoms with Crippen LogP contribution in [-0.4, -0.2) is 62.6 Å². The molecular formula is C16H24N6O4. The molecule has 1 aliphatic heterocycles. The minimum absolute atomic E-state index is 0.110. The maximum Gasteiger partial charge on any atom is 0.250 e. The molecule has 1 saturated heterocycles. The Bertz CT molecular complexity index is 614. The number of rotatable bonds is 9. The molecular weight excluding hydrogens is 340 g/mol. The molecule has 0 saturated carbocycles. The Labute approximate surface area is 151 Å². The lowest BCUT2D eigenvalue weighted by Crippen LogP contribution is -2.51. The van der Waals surface area contributed by atoms with Crippen LogP contribution in [0, 0.1) is 5.92 Å². The number of amides is 3. The van der Waals surface area contributed by atoms with Gasteiger partial charge < -0.3 is 5.32 Å². The zero-order valence-electron chi connectivity index (χ0n) is 14.7. The number of anilines is 1. The fourth-order valence-electron chi connectivity index (χ4n) is 2.82. The Hall–Kier alpha value is -2.59. The number of nitrogens with one attached hydrogen (secondary N) is 2. The van der Waals surface area contributed by atoms with Crippen LogP contribution < -0.4 is 10.7 Å². The van der Waals surface area contributed by atoms with Crippen LogP contribution >= 0.6 is 0 Å².